The maximum Gasteiger partial charge on any atom is 0.310 e. The standard InChI is InChI=1S/C13H17NO3/c1-13(2,3)9-4-7-11(14(15)16)12(8-9)17-10-5-6-10/h4,7-8,10H,5-6H2,1-3H3. The summed E-state index contributed by atoms with van der Waals surface area (Å²) in [6.07, 6.45) is 2.16. The van der Waals surface area contributed by atoms with Crippen LogP contribution in [-0.4, -0.2) is 11.0 Å². The number of nitro groups is 1. The molecule has 1 aliphatic carbocycles. The van der Waals surface area contributed by atoms with Crippen molar-refractivity contribution in [2.24, 2.45) is 0 Å². The van der Waals surface area contributed by atoms with Crippen molar-refractivity contribution in [3.8, 4) is 5.75 Å². The molecular weight excluding hydrogens is 218 g/mol. The number of ether oxygens (including phenoxy) is 1. The second-order valence-electron chi connectivity index (χ2n) is 5.51. The third kappa shape index (κ3) is 2.75. The monoisotopic (exact) mass is 235 g/mol. The molecule has 1 saturated carbocycles. The molecule has 0 heterocycles. The number of benzene rings is 1. The Morgan fingerprint density at radius 3 is 2.47 bits per heavy atom. The highest BCUT2D eigenvalue weighted by Gasteiger charge is 2.28. The fraction of sp³-hybridized carbons (Fsp3) is 0.538. The Balaban J connectivity index is 2.38. The topological polar surface area (TPSA) is 52.4 Å². The molecule has 0 atom stereocenters. The number of nitro benzene ring substituents is 1. The Labute approximate surface area is 101 Å². The van der Waals surface area contributed by atoms with E-state index < -0.39 is 0 Å². The lowest BCUT2D eigenvalue weighted by Gasteiger charge is -2.19. The summed E-state index contributed by atoms with van der Waals surface area (Å²) in [5.41, 5.74) is 1.08. The first kappa shape index (κ1) is 11.9. The normalized spacial score (nSPS) is 15.7. The van der Waals surface area contributed by atoms with Crippen molar-refractivity contribution in [2.75, 3.05) is 0 Å². The predicted molar refractivity (Wildman–Crippen MR) is 65.4 cm³/mol. The maximum atomic E-state index is 10.9. The van der Waals surface area contributed by atoms with Gasteiger partial charge in [0, 0.05) is 6.07 Å². The van der Waals surface area contributed by atoms with E-state index in [-0.39, 0.29) is 22.1 Å². The van der Waals surface area contributed by atoms with E-state index in [0.29, 0.717) is 5.75 Å². The minimum absolute atomic E-state index is 0.0310. The molecule has 0 spiro atoms. The summed E-state index contributed by atoms with van der Waals surface area (Å²) < 4.78 is 5.61. The van der Waals surface area contributed by atoms with Gasteiger partial charge in [-0.25, -0.2) is 0 Å². The second-order valence-corrected chi connectivity index (χ2v) is 5.51. The molecule has 0 N–H and O–H groups in total. The molecule has 0 aliphatic heterocycles. The van der Waals surface area contributed by atoms with Crippen molar-refractivity contribution in [3.05, 3.63) is 33.9 Å². The summed E-state index contributed by atoms with van der Waals surface area (Å²) in [5.74, 6) is 0.407. The van der Waals surface area contributed by atoms with E-state index in [4.69, 9.17) is 4.74 Å². The van der Waals surface area contributed by atoms with Crippen LogP contribution in [-0.2, 0) is 5.41 Å². The molecule has 0 bridgehead atoms. The zero-order valence-corrected chi connectivity index (χ0v) is 10.4. The third-order valence-electron chi connectivity index (χ3n) is 2.84. The first-order chi connectivity index (χ1) is 7.88. The molecule has 4 nitrogen and oxygen atoms in total. The van der Waals surface area contributed by atoms with E-state index in [0.717, 1.165) is 18.4 Å². The second kappa shape index (κ2) is 4.02. The summed E-state index contributed by atoms with van der Waals surface area (Å²) in [5, 5.41) is 10.9. The van der Waals surface area contributed by atoms with Crippen molar-refractivity contribution in [1.29, 1.82) is 0 Å². The molecule has 1 fully saturated rings. The SMILES string of the molecule is CC(C)(C)c1ccc([N+](=O)[O-])c(OC2CC2)c1. The van der Waals surface area contributed by atoms with Crippen LogP contribution in [0.4, 0.5) is 5.69 Å². The lowest BCUT2D eigenvalue weighted by atomic mass is 9.87. The van der Waals surface area contributed by atoms with E-state index >= 15 is 0 Å². The van der Waals surface area contributed by atoms with E-state index in [1.807, 2.05) is 0 Å². The maximum absolute atomic E-state index is 10.9. The van der Waals surface area contributed by atoms with Gasteiger partial charge in [0.1, 0.15) is 0 Å². The van der Waals surface area contributed by atoms with Crippen LogP contribution in [0.5, 0.6) is 5.75 Å². The smallest absolute Gasteiger partial charge is 0.310 e. The summed E-state index contributed by atoms with van der Waals surface area (Å²) in [6.45, 7) is 6.24. The molecule has 0 unspecified atom stereocenters. The van der Waals surface area contributed by atoms with E-state index in [1.165, 1.54) is 6.07 Å². The predicted octanol–water partition coefficient (Wildman–Crippen LogP) is 3.43. The molecule has 92 valence electrons. The molecule has 17 heavy (non-hydrogen) atoms. The fourth-order valence-corrected chi connectivity index (χ4v) is 1.59. The fourth-order valence-electron chi connectivity index (χ4n) is 1.59. The van der Waals surface area contributed by atoms with Crippen molar-refractivity contribution in [3.63, 3.8) is 0 Å². The quantitative estimate of drug-likeness (QED) is 0.595. The Kier molecular flexibility index (Phi) is 2.81. The van der Waals surface area contributed by atoms with Gasteiger partial charge in [-0.1, -0.05) is 26.8 Å². The van der Waals surface area contributed by atoms with Crippen molar-refractivity contribution in [2.45, 2.75) is 45.1 Å². The van der Waals surface area contributed by atoms with Gasteiger partial charge in [-0.3, -0.25) is 10.1 Å². The van der Waals surface area contributed by atoms with Crippen molar-refractivity contribution < 1.29 is 9.66 Å². The Morgan fingerprint density at radius 1 is 1.35 bits per heavy atom. The van der Waals surface area contributed by atoms with Crippen LogP contribution in [0.2, 0.25) is 0 Å². The number of rotatable bonds is 3. The summed E-state index contributed by atoms with van der Waals surface area (Å²) in [7, 11) is 0. The Hall–Kier alpha value is -1.58. The van der Waals surface area contributed by atoms with E-state index in [9.17, 15) is 10.1 Å². The van der Waals surface area contributed by atoms with Crippen LogP contribution < -0.4 is 4.74 Å². The Bertz CT molecular complexity index is 444. The van der Waals surface area contributed by atoms with Gasteiger partial charge >= 0.3 is 5.69 Å². The molecule has 1 aromatic carbocycles. The van der Waals surface area contributed by atoms with Crippen LogP contribution in [0.1, 0.15) is 39.2 Å². The van der Waals surface area contributed by atoms with Gasteiger partial charge in [-0.15, -0.1) is 0 Å². The lowest BCUT2D eigenvalue weighted by molar-refractivity contribution is -0.386. The molecule has 4 heteroatoms. The van der Waals surface area contributed by atoms with E-state index in [1.54, 1.807) is 12.1 Å². The minimum Gasteiger partial charge on any atom is -0.483 e. The largest absolute Gasteiger partial charge is 0.483 e. The molecule has 0 amide bonds. The molecular formula is C13H17NO3. The van der Waals surface area contributed by atoms with Gasteiger partial charge < -0.3 is 4.74 Å². The van der Waals surface area contributed by atoms with Gasteiger partial charge in [0.05, 0.1) is 11.0 Å². The molecule has 2 rings (SSSR count). The molecule has 0 radical (unpaired) electrons. The van der Waals surface area contributed by atoms with Gasteiger partial charge in [0.2, 0.25) is 0 Å². The minimum atomic E-state index is -0.385. The number of nitrogens with zero attached hydrogens (tertiary/aromatic N) is 1. The van der Waals surface area contributed by atoms with Gasteiger partial charge in [-0.05, 0) is 29.9 Å². The van der Waals surface area contributed by atoms with Gasteiger partial charge in [-0.2, -0.15) is 0 Å². The number of hydrogen-bond acceptors (Lipinski definition) is 3. The van der Waals surface area contributed by atoms with Crippen LogP contribution in [0.15, 0.2) is 18.2 Å². The molecule has 0 saturated heterocycles. The highest BCUT2D eigenvalue weighted by molar-refractivity contribution is 5.50. The average Bonchev–Trinajstić information content (AvgIpc) is 2.99. The van der Waals surface area contributed by atoms with Gasteiger partial charge in [0.25, 0.3) is 0 Å². The molecule has 1 aliphatic rings. The first-order valence-corrected chi connectivity index (χ1v) is 5.83. The summed E-state index contributed by atoms with van der Waals surface area (Å²) in [6, 6.07) is 5.15. The first-order valence-electron chi connectivity index (χ1n) is 5.83. The summed E-state index contributed by atoms with van der Waals surface area (Å²) >= 11 is 0. The van der Waals surface area contributed by atoms with E-state index in [2.05, 4.69) is 20.8 Å². The number of hydrogen-bond donors (Lipinski definition) is 0. The van der Waals surface area contributed by atoms with Crippen LogP contribution in [0, 0.1) is 10.1 Å². The van der Waals surface area contributed by atoms with Crippen LogP contribution in [0.3, 0.4) is 0 Å². The zero-order valence-electron chi connectivity index (χ0n) is 10.4. The van der Waals surface area contributed by atoms with Gasteiger partial charge in [0.15, 0.2) is 5.75 Å². The zero-order chi connectivity index (χ0) is 12.6. The summed E-state index contributed by atoms with van der Waals surface area (Å²) in [4.78, 5) is 10.5. The highest BCUT2D eigenvalue weighted by atomic mass is 16.6. The average molecular weight is 235 g/mol. The molecule has 1 aromatic rings. The Morgan fingerprint density at radius 2 is 2.00 bits per heavy atom. The highest BCUT2D eigenvalue weighted by Crippen LogP contribution is 2.36. The third-order valence-corrected chi connectivity index (χ3v) is 2.84. The molecule has 0 aromatic heterocycles. The van der Waals surface area contributed by atoms with Crippen LogP contribution in [0.25, 0.3) is 0 Å². The lowest BCUT2D eigenvalue weighted by Crippen LogP contribution is -2.12. The van der Waals surface area contributed by atoms with Crippen molar-refractivity contribution in [1.82, 2.24) is 0 Å². The van der Waals surface area contributed by atoms with Crippen molar-refractivity contribution >= 4 is 5.69 Å². The van der Waals surface area contributed by atoms with Crippen LogP contribution >= 0.6 is 0 Å².